The zero-order chi connectivity index (χ0) is 17.0. The quantitative estimate of drug-likeness (QED) is 0.667. The third-order valence-electron chi connectivity index (χ3n) is 4.60. The van der Waals surface area contributed by atoms with Crippen molar-refractivity contribution in [1.29, 1.82) is 0 Å². The number of anilines is 1. The lowest BCUT2D eigenvalue weighted by molar-refractivity contribution is -0.919. The Morgan fingerprint density at radius 2 is 1.83 bits per heavy atom. The van der Waals surface area contributed by atoms with Crippen molar-refractivity contribution in [3.8, 4) is 0 Å². The second-order valence-electron chi connectivity index (χ2n) is 6.15. The fraction of sp³-hybridized carbons (Fsp3) is 0.471. The SMILES string of the molecule is CC(=O)c1ccccc1NC(=O)[C@@H](C)[NH+]1CCC(C(N)=O)CC1. The fourth-order valence-corrected chi connectivity index (χ4v) is 3.03. The zero-order valence-electron chi connectivity index (χ0n) is 13.6. The van der Waals surface area contributed by atoms with Crippen LogP contribution >= 0.6 is 0 Å². The number of hydrogen-bond acceptors (Lipinski definition) is 3. The van der Waals surface area contributed by atoms with Gasteiger partial charge in [-0.15, -0.1) is 0 Å². The van der Waals surface area contributed by atoms with Gasteiger partial charge in [-0.1, -0.05) is 12.1 Å². The molecule has 1 aromatic rings. The molecule has 0 saturated carbocycles. The molecule has 2 amide bonds. The molecule has 124 valence electrons. The van der Waals surface area contributed by atoms with Crippen LogP contribution in [0.2, 0.25) is 0 Å². The lowest BCUT2D eigenvalue weighted by Gasteiger charge is -2.31. The maximum atomic E-state index is 12.5. The monoisotopic (exact) mass is 318 g/mol. The van der Waals surface area contributed by atoms with Crippen LogP contribution < -0.4 is 16.0 Å². The summed E-state index contributed by atoms with van der Waals surface area (Å²) < 4.78 is 0. The molecule has 0 unspecified atom stereocenters. The first-order valence-corrected chi connectivity index (χ1v) is 7.95. The summed E-state index contributed by atoms with van der Waals surface area (Å²) in [5, 5.41) is 2.85. The van der Waals surface area contributed by atoms with Crippen molar-refractivity contribution in [2.45, 2.75) is 32.7 Å². The van der Waals surface area contributed by atoms with Crippen molar-refractivity contribution in [3.63, 3.8) is 0 Å². The Hall–Kier alpha value is -2.21. The molecule has 1 aliphatic rings. The molecular weight excluding hydrogens is 294 g/mol. The third kappa shape index (κ3) is 4.16. The largest absolute Gasteiger partial charge is 0.369 e. The molecular formula is C17H24N3O3+. The van der Waals surface area contributed by atoms with Gasteiger partial charge in [0.2, 0.25) is 5.91 Å². The summed E-state index contributed by atoms with van der Waals surface area (Å²) in [5.74, 6) is -0.529. The van der Waals surface area contributed by atoms with E-state index < -0.39 is 0 Å². The number of ketones is 1. The highest BCUT2D eigenvalue weighted by Gasteiger charge is 2.32. The number of rotatable bonds is 5. The van der Waals surface area contributed by atoms with E-state index in [4.69, 9.17) is 5.73 Å². The number of amides is 2. The smallest absolute Gasteiger partial charge is 0.282 e. The second kappa shape index (κ2) is 7.37. The van der Waals surface area contributed by atoms with E-state index in [0.717, 1.165) is 18.0 Å². The number of piperidine rings is 1. The van der Waals surface area contributed by atoms with E-state index in [1.54, 1.807) is 24.3 Å². The van der Waals surface area contributed by atoms with Gasteiger partial charge in [0.25, 0.3) is 5.91 Å². The van der Waals surface area contributed by atoms with Crippen molar-refractivity contribution >= 4 is 23.3 Å². The molecule has 0 aliphatic carbocycles. The lowest BCUT2D eigenvalue weighted by atomic mass is 9.95. The maximum Gasteiger partial charge on any atom is 0.282 e. The number of hydrogen-bond donors (Lipinski definition) is 3. The molecule has 23 heavy (non-hydrogen) atoms. The molecule has 0 bridgehead atoms. The maximum absolute atomic E-state index is 12.5. The average Bonchev–Trinajstić information content (AvgIpc) is 2.54. The minimum Gasteiger partial charge on any atom is -0.369 e. The van der Waals surface area contributed by atoms with Crippen molar-refractivity contribution in [1.82, 2.24) is 0 Å². The van der Waals surface area contributed by atoms with E-state index in [0.29, 0.717) is 24.1 Å². The Kier molecular flexibility index (Phi) is 5.50. The molecule has 6 nitrogen and oxygen atoms in total. The van der Waals surface area contributed by atoms with Crippen LogP contribution in [-0.4, -0.2) is 36.7 Å². The Labute approximate surface area is 136 Å². The van der Waals surface area contributed by atoms with Crippen molar-refractivity contribution < 1.29 is 19.3 Å². The number of benzene rings is 1. The van der Waals surface area contributed by atoms with Gasteiger partial charge in [0, 0.05) is 24.3 Å². The predicted octanol–water partition coefficient (Wildman–Crippen LogP) is -0.00360. The Bertz CT molecular complexity index is 607. The molecule has 1 aromatic carbocycles. The Balaban J connectivity index is 1.99. The van der Waals surface area contributed by atoms with Gasteiger partial charge in [-0.2, -0.15) is 0 Å². The van der Waals surface area contributed by atoms with E-state index >= 15 is 0 Å². The zero-order valence-corrected chi connectivity index (χ0v) is 13.6. The van der Waals surface area contributed by atoms with Crippen molar-refractivity contribution in [3.05, 3.63) is 29.8 Å². The van der Waals surface area contributed by atoms with Gasteiger partial charge in [-0.3, -0.25) is 14.4 Å². The highest BCUT2D eigenvalue weighted by molar-refractivity contribution is 6.04. The minimum absolute atomic E-state index is 0.0764. The number of likely N-dealkylation sites (tertiary alicyclic amines) is 1. The van der Waals surface area contributed by atoms with Crippen LogP contribution in [0.5, 0.6) is 0 Å². The summed E-state index contributed by atoms with van der Waals surface area (Å²) in [6.07, 6.45) is 1.43. The topological polar surface area (TPSA) is 93.7 Å². The number of para-hydroxylation sites is 1. The molecule has 0 aromatic heterocycles. The predicted molar refractivity (Wildman–Crippen MR) is 87.2 cm³/mol. The molecule has 2 rings (SSSR count). The number of quaternary nitrogens is 1. The highest BCUT2D eigenvalue weighted by atomic mass is 16.2. The van der Waals surface area contributed by atoms with Crippen molar-refractivity contribution in [2.75, 3.05) is 18.4 Å². The number of carbonyl (C=O) groups excluding carboxylic acids is 3. The van der Waals surface area contributed by atoms with Crippen LogP contribution in [0.3, 0.4) is 0 Å². The summed E-state index contributed by atoms with van der Waals surface area (Å²) in [4.78, 5) is 36.4. The first kappa shape index (κ1) is 17.1. The molecule has 1 atom stereocenters. The van der Waals surface area contributed by atoms with E-state index in [-0.39, 0.29) is 29.6 Å². The van der Waals surface area contributed by atoms with Gasteiger partial charge in [0.1, 0.15) is 0 Å². The van der Waals surface area contributed by atoms with E-state index in [2.05, 4.69) is 5.32 Å². The average molecular weight is 318 g/mol. The van der Waals surface area contributed by atoms with E-state index in [1.165, 1.54) is 6.92 Å². The van der Waals surface area contributed by atoms with Gasteiger partial charge in [0.05, 0.1) is 18.8 Å². The Morgan fingerprint density at radius 3 is 2.39 bits per heavy atom. The van der Waals surface area contributed by atoms with Crippen LogP contribution in [0.4, 0.5) is 5.69 Å². The molecule has 0 radical (unpaired) electrons. The van der Waals surface area contributed by atoms with Crippen LogP contribution in [0.25, 0.3) is 0 Å². The summed E-state index contributed by atoms with van der Waals surface area (Å²) in [6.45, 7) is 4.84. The normalized spacial score (nSPS) is 22.2. The standard InChI is InChI=1S/C17H23N3O3/c1-11(20-9-7-13(8-10-20)16(18)22)17(23)19-15-6-4-3-5-14(15)12(2)21/h3-6,11,13H,7-10H2,1-2H3,(H2,18,22)(H,19,23)/p+1/t11-/m1/s1. The Morgan fingerprint density at radius 1 is 1.22 bits per heavy atom. The van der Waals surface area contributed by atoms with Gasteiger partial charge < -0.3 is 16.0 Å². The summed E-state index contributed by atoms with van der Waals surface area (Å²) in [6, 6.07) is 6.75. The van der Waals surface area contributed by atoms with Crippen LogP contribution in [0.15, 0.2) is 24.3 Å². The van der Waals surface area contributed by atoms with Crippen molar-refractivity contribution in [2.24, 2.45) is 11.7 Å². The first-order chi connectivity index (χ1) is 10.9. The summed E-state index contributed by atoms with van der Waals surface area (Å²) >= 11 is 0. The molecule has 4 N–H and O–H groups in total. The van der Waals surface area contributed by atoms with Gasteiger partial charge >= 0.3 is 0 Å². The van der Waals surface area contributed by atoms with Gasteiger partial charge in [-0.25, -0.2) is 0 Å². The molecule has 1 aliphatic heterocycles. The number of Topliss-reactive ketones (excluding diaryl/α,β-unsaturated/α-hetero) is 1. The van der Waals surface area contributed by atoms with Crippen LogP contribution in [-0.2, 0) is 9.59 Å². The third-order valence-corrected chi connectivity index (χ3v) is 4.60. The number of nitrogens with one attached hydrogen (secondary N) is 2. The minimum atomic E-state index is -0.253. The molecule has 1 fully saturated rings. The van der Waals surface area contributed by atoms with E-state index in [1.807, 2.05) is 6.92 Å². The summed E-state index contributed by atoms with van der Waals surface area (Å²) in [7, 11) is 0. The fourth-order valence-electron chi connectivity index (χ4n) is 3.03. The second-order valence-corrected chi connectivity index (χ2v) is 6.15. The molecule has 1 saturated heterocycles. The molecule has 1 heterocycles. The summed E-state index contributed by atoms with van der Waals surface area (Å²) in [5.41, 5.74) is 6.39. The number of carbonyl (C=O) groups is 3. The molecule has 0 spiro atoms. The van der Waals surface area contributed by atoms with E-state index in [9.17, 15) is 14.4 Å². The number of nitrogens with two attached hydrogens (primary N) is 1. The lowest BCUT2D eigenvalue weighted by Crippen LogP contribution is -3.17. The van der Waals surface area contributed by atoms with Gasteiger partial charge in [-0.05, 0) is 26.0 Å². The molecule has 6 heteroatoms. The number of primary amides is 1. The van der Waals surface area contributed by atoms with Crippen LogP contribution in [0.1, 0.15) is 37.0 Å². The van der Waals surface area contributed by atoms with Gasteiger partial charge in [0.15, 0.2) is 11.8 Å². The van der Waals surface area contributed by atoms with Crippen LogP contribution in [0, 0.1) is 5.92 Å². The highest BCUT2D eigenvalue weighted by Crippen LogP contribution is 2.15. The first-order valence-electron chi connectivity index (χ1n) is 7.95.